The van der Waals surface area contributed by atoms with Crippen LogP contribution in [-0.2, 0) is 14.8 Å². The molecule has 2 saturated heterocycles. The highest BCUT2D eigenvalue weighted by Gasteiger charge is 2.49. The van der Waals surface area contributed by atoms with Gasteiger partial charge in [0, 0.05) is 18.1 Å². The molecule has 0 aromatic rings. The van der Waals surface area contributed by atoms with Crippen molar-refractivity contribution in [1.29, 1.82) is 0 Å². The molecule has 0 amide bonds. The van der Waals surface area contributed by atoms with E-state index in [0.29, 0.717) is 6.61 Å². The molecule has 0 aromatic heterocycles. The van der Waals surface area contributed by atoms with Crippen molar-refractivity contribution in [3.8, 4) is 0 Å². The maximum absolute atomic E-state index is 11.3. The Balaban J connectivity index is 2.00. The van der Waals surface area contributed by atoms with E-state index in [1.165, 1.54) is 12.7 Å². The van der Waals surface area contributed by atoms with Gasteiger partial charge >= 0.3 is 0 Å². The van der Waals surface area contributed by atoms with E-state index in [1.807, 2.05) is 13.8 Å². The predicted molar refractivity (Wildman–Crippen MR) is 71.0 cm³/mol. The van der Waals surface area contributed by atoms with Gasteiger partial charge in [-0.15, -0.1) is 0 Å². The second kappa shape index (κ2) is 5.07. The van der Waals surface area contributed by atoms with Crippen molar-refractivity contribution in [2.75, 3.05) is 26.0 Å². The Hall–Kier alpha value is -0.170. The lowest BCUT2D eigenvalue weighted by Crippen LogP contribution is -2.43. The second-order valence-electron chi connectivity index (χ2n) is 5.92. The molecular formula is C12H24N2O3S. The van der Waals surface area contributed by atoms with Crippen LogP contribution in [0.3, 0.4) is 0 Å². The van der Waals surface area contributed by atoms with Gasteiger partial charge in [-0.05, 0) is 39.7 Å². The van der Waals surface area contributed by atoms with Crippen LogP contribution in [0.1, 0.15) is 33.1 Å². The van der Waals surface area contributed by atoms with Crippen LogP contribution in [0.15, 0.2) is 0 Å². The number of hydrogen-bond acceptors (Lipinski definition) is 4. The molecule has 2 fully saturated rings. The van der Waals surface area contributed by atoms with E-state index >= 15 is 0 Å². The second-order valence-corrected chi connectivity index (χ2v) is 7.70. The molecule has 0 aromatic carbocycles. The standard InChI is InChI=1S/C12H24N2O3S/c1-10(2)17-9-12-5-4-6-14(12)8-11(7-12)13-18(3,15)16/h10-11,13H,4-9H2,1-3H3/t11-,12?/m1/s1. The van der Waals surface area contributed by atoms with Crippen LogP contribution >= 0.6 is 0 Å². The predicted octanol–water partition coefficient (Wildman–Crippen LogP) is 0.568. The van der Waals surface area contributed by atoms with E-state index in [-0.39, 0.29) is 17.7 Å². The van der Waals surface area contributed by atoms with Crippen molar-refractivity contribution < 1.29 is 13.2 Å². The van der Waals surface area contributed by atoms with Gasteiger partial charge in [0.1, 0.15) is 0 Å². The van der Waals surface area contributed by atoms with Gasteiger partial charge in [-0.2, -0.15) is 0 Å². The van der Waals surface area contributed by atoms with Gasteiger partial charge in [0.15, 0.2) is 0 Å². The van der Waals surface area contributed by atoms with Gasteiger partial charge in [0.05, 0.1) is 19.0 Å². The number of rotatable bonds is 5. The molecule has 5 nitrogen and oxygen atoms in total. The molecule has 18 heavy (non-hydrogen) atoms. The highest BCUT2D eigenvalue weighted by Crippen LogP contribution is 2.39. The third-order valence-electron chi connectivity index (χ3n) is 3.87. The number of ether oxygens (including phenoxy) is 1. The summed E-state index contributed by atoms with van der Waals surface area (Å²) in [5.41, 5.74) is 0.0621. The van der Waals surface area contributed by atoms with Crippen LogP contribution in [0.4, 0.5) is 0 Å². The van der Waals surface area contributed by atoms with Crippen LogP contribution in [0, 0.1) is 0 Å². The molecule has 6 heteroatoms. The average molecular weight is 276 g/mol. The summed E-state index contributed by atoms with van der Waals surface area (Å²) in [5.74, 6) is 0. The molecule has 2 aliphatic rings. The Morgan fingerprint density at radius 1 is 1.50 bits per heavy atom. The van der Waals surface area contributed by atoms with Crippen LogP contribution in [-0.4, -0.2) is 57.0 Å². The van der Waals surface area contributed by atoms with E-state index in [9.17, 15) is 8.42 Å². The fourth-order valence-electron chi connectivity index (χ4n) is 3.23. The lowest BCUT2D eigenvalue weighted by molar-refractivity contribution is 0.00302. The summed E-state index contributed by atoms with van der Waals surface area (Å²) in [4.78, 5) is 2.40. The number of nitrogens with zero attached hydrogens (tertiary/aromatic N) is 1. The first-order valence-corrected chi connectivity index (χ1v) is 8.54. The minimum absolute atomic E-state index is 0.0380. The van der Waals surface area contributed by atoms with E-state index in [2.05, 4.69) is 9.62 Å². The molecule has 0 bridgehead atoms. The fraction of sp³-hybridized carbons (Fsp3) is 1.00. The van der Waals surface area contributed by atoms with Crippen LogP contribution < -0.4 is 4.72 Å². The molecule has 2 aliphatic heterocycles. The largest absolute Gasteiger partial charge is 0.377 e. The van der Waals surface area contributed by atoms with Crippen molar-refractivity contribution in [1.82, 2.24) is 9.62 Å². The first-order chi connectivity index (χ1) is 8.31. The summed E-state index contributed by atoms with van der Waals surface area (Å²) in [6.07, 6.45) is 4.62. The Morgan fingerprint density at radius 3 is 2.83 bits per heavy atom. The molecule has 0 aliphatic carbocycles. The quantitative estimate of drug-likeness (QED) is 0.797. The summed E-state index contributed by atoms with van der Waals surface area (Å²) < 4.78 is 31.2. The fourth-order valence-corrected chi connectivity index (χ4v) is 3.99. The lowest BCUT2D eigenvalue weighted by atomic mass is 9.94. The number of hydrogen-bond donors (Lipinski definition) is 1. The van der Waals surface area contributed by atoms with E-state index in [0.717, 1.165) is 25.9 Å². The number of fused-ring (bicyclic) bond motifs is 1. The molecule has 2 atom stereocenters. The summed E-state index contributed by atoms with van der Waals surface area (Å²) in [7, 11) is -3.11. The Kier molecular flexibility index (Phi) is 4.02. The summed E-state index contributed by atoms with van der Waals surface area (Å²) in [5, 5.41) is 0. The first kappa shape index (κ1) is 14.2. The van der Waals surface area contributed by atoms with Gasteiger partial charge in [0.2, 0.25) is 10.0 Å². The van der Waals surface area contributed by atoms with Gasteiger partial charge < -0.3 is 4.74 Å². The third-order valence-corrected chi connectivity index (χ3v) is 4.64. The van der Waals surface area contributed by atoms with Crippen molar-refractivity contribution in [2.45, 2.75) is 50.8 Å². The van der Waals surface area contributed by atoms with Crippen LogP contribution in [0.2, 0.25) is 0 Å². The molecule has 0 radical (unpaired) electrons. The zero-order valence-electron chi connectivity index (χ0n) is 11.5. The highest BCUT2D eigenvalue weighted by atomic mass is 32.2. The van der Waals surface area contributed by atoms with E-state index in [1.54, 1.807) is 0 Å². The van der Waals surface area contributed by atoms with Gasteiger partial charge in [-0.25, -0.2) is 13.1 Å². The van der Waals surface area contributed by atoms with E-state index in [4.69, 9.17) is 4.74 Å². The molecular weight excluding hydrogens is 252 g/mol. The van der Waals surface area contributed by atoms with E-state index < -0.39 is 10.0 Å². The molecule has 1 unspecified atom stereocenters. The highest BCUT2D eigenvalue weighted by molar-refractivity contribution is 7.88. The minimum atomic E-state index is -3.11. The van der Waals surface area contributed by atoms with Crippen molar-refractivity contribution in [3.05, 3.63) is 0 Å². The molecule has 106 valence electrons. The minimum Gasteiger partial charge on any atom is -0.377 e. The van der Waals surface area contributed by atoms with Crippen LogP contribution in [0.25, 0.3) is 0 Å². The zero-order valence-corrected chi connectivity index (χ0v) is 12.3. The Morgan fingerprint density at radius 2 is 2.22 bits per heavy atom. The van der Waals surface area contributed by atoms with Crippen LogP contribution in [0.5, 0.6) is 0 Å². The SMILES string of the molecule is CC(C)OCC12CCCN1C[C@H](NS(C)(=O)=O)C2. The smallest absolute Gasteiger partial charge is 0.208 e. The Labute approximate surface area is 110 Å². The zero-order chi connectivity index (χ0) is 13.4. The third kappa shape index (κ3) is 3.23. The molecule has 0 spiro atoms. The van der Waals surface area contributed by atoms with Crippen molar-refractivity contribution in [3.63, 3.8) is 0 Å². The number of nitrogens with one attached hydrogen (secondary N) is 1. The van der Waals surface area contributed by atoms with Gasteiger partial charge in [-0.3, -0.25) is 4.90 Å². The van der Waals surface area contributed by atoms with Crippen molar-refractivity contribution in [2.24, 2.45) is 0 Å². The molecule has 1 N–H and O–H groups in total. The molecule has 0 saturated carbocycles. The first-order valence-electron chi connectivity index (χ1n) is 6.65. The van der Waals surface area contributed by atoms with Gasteiger partial charge in [0.25, 0.3) is 0 Å². The van der Waals surface area contributed by atoms with Gasteiger partial charge in [-0.1, -0.05) is 0 Å². The normalized spacial score (nSPS) is 33.2. The van der Waals surface area contributed by atoms with Crippen molar-refractivity contribution >= 4 is 10.0 Å². The Bertz CT molecular complexity index is 396. The monoisotopic (exact) mass is 276 g/mol. The maximum Gasteiger partial charge on any atom is 0.208 e. The average Bonchev–Trinajstić information content (AvgIpc) is 2.68. The maximum atomic E-state index is 11.3. The summed E-state index contributed by atoms with van der Waals surface area (Å²) in [6.45, 7) is 6.67. The topological polar surface area (TPSA) is 58.6 Å². The molecule has 2 heterocycles. The summed E-state index contributed by atoms with van der Waals surface area (Å²) in [6, 6.07) is 0.0380. The number of sulfonamides is 1. The lowest BCUT2D eigenvalue weighted by Gasteiger charge is -2.32. The summed E-state index contributed by atoms with van der Waals surface area (Å²) >= 11 is 0. The molecule has 2 rings (SSSR count).